The van der Waals surface area contributed by atoms with Crippen LogP contribution in [-0.2, 0) is 13.5 Å². The van der Waals surface area contributed by atoms with Gasteiger partial charge in [-0.25, -0.2) is 0 Å². The van der Waals surface area contributed by atoms with E-state index in [-0.39, 0.29) is 6.04 Å². The van der Waals surface area contributed by atoms with Crippen molar-refractivity contribution in [3.05, 3.63) is 46.8 Å². The number of nitrogens with one attached hydrogen (secondary N) is 2. The first-order chi connectivity index (χ1) is 10.6. The number of hydrogen-bond acceptors (Lipinski definition) is 2. The number of anilines is 1. The molecule has 2 aromatic rings. The highest BCUT2D eigenvalue weighted by atomic mass is 32.1. The molecule has 1 heterocycles. The summed E-state index contributed by atoms with van der Waals surface area (Å²) in [6.07, 6.45) is 5.32. The second-order valence-electron chi connectivity index (χ2n) is 5.98. The van der Waals surface area contributed by atoms with Crippen LogP contribution < -0.4 is 10.6 Å². The lowest BCUT2D eigenvalue weighted by molar-refractivity contribution is 0.514. The molecular formula is C17H22N4S. The Morgan fingerprint density at radius 1 is 1.32 bits per heavy atom. The first-order valence-corrected chi connectivity index (χ1v) is 8.11. The van der Waals surface area contributed by atoms with Gasteiger partial charge in [0, 0.05) is 24.0 Å². The Hall–Kier alpha value is -1.88. The third-order valence-corrected chi connectivity index (χ3v) is 4.62. The predicted octanol–water partition coefficient (Wildman–Crippen LogP) is 3.40. The average molecular weight is 314 g/mol. The molecule has 0 bridgehead atoms. The van der Waals surface area contributed by atoms with Crippen molar-refractivity contribution in [1.82, 2.24) is 15.1 Å². The zero-order valence-electron chi connectivity index (χ0n) is 13.3. The number of aryl methyl sites for hydroxylation is 3. The number of para-hydroxylation sites is 1. The summed E-state index contributed by atoms with van der Waals surface area (Å²) in [4.78, 5) is 0. The quantitative estimate of drug-likeness (QED) is 0.834. The van der Waals surface area contributed by atoms with Crippen LogP contribution in [0.2, 0.25) is 0 Å². The van der Waals surface area contributed by atoms with Crippen molar-refractivity contribution < 1.29 is 0 Å². The molecule has 0 fully saturated rings. The molecule has 5 heteroatoms. The smallest absolute Gasteiger partial charge is 0.171 e. The molecule has 0 spiro atoms. The third kappa shape index (κ3) is 2.86. The van der Waals surface area contributed by atoms with E-state index in [1.165, 1.54) is 22.4 Å². The van der Waals surface area contributed by atoms with E-state index >= 15 is 0 Å². The molecule has 1 unspecified atom stereocenters. The number of rotatable bonds is 2. The van der Waals surface area contributed by atoms with Gasteiger partial charge in [-0.2, -0.15) is 5.10 Å². The summed E-state index contributed by atoms with van der Waals surface area (Å²) in [7, 11) is 2.01. The fourth-order valence-electron chi connectivity index (χ4n) is 3.18. The summed E-state index contributed by atoms with van der Waals surface area (Å²) in [5.41, 5.74) is 6.10. The van der Waals surface area contributed by atoms with E-state index in [1.807, 2.05) is 17.9 Å². The highest BCUT2D eigenvalue weighted by molar-refractivity contribution is 7.80. The van der Waals surface area contributed by atoms with Crippen LogP contribution in [0.25, 0.3) is 0 Å². The Balaban J connectivity index is 1.73. The first kappa shape index (κ1) is 15.0. The van der Waals surface area contributed by atoms with Gasteiger partial charge in [0.1, 0.15) is 0 Å². The van der Waals surface area contributed by atoms with Gasteiger partial charge in [0.2, 0.25) is 0 Å². The molecule has 4 nitrogen and oxygen atoms in total. The molecule has 0 radical (unpaired) electrons. The summed E-state index contributed by atoms with van der Waals surface area (Å²) >= 11 is 5.52. The van der Waals surface area contributed by atoms with Crippen molar-refractivity contribution in [2.45, 2.75) is 39.2 Å². The molecule has 1 aromatic heterocycles. The highest BCUT2D eigenvalue weighted by Crippen LogP contribution is 2.29. The number of nitrogens with zero attached hydrogens (tertiary/aromatic N) is 2. The third-order valence-electron chi connectivity index (χ3n) is 4.40. The zero-order valence-corrected chi connectivity index (χ0v) is 14.1. The van der Waals surface area contributed by atoms with Crippen LogP contribution in [0.4, 0.5) is 5.69 Å². The molecule has 22 heavy (non-hydrogen) atoms. The van der Waals surface area contributed by atoms with Gasteiger partial charge in [0.25, 0.3) is 0 Å². The molecule has 3 rings (SSSR count). The molecule has 116 valence electrons. The monoisotopic (exact) mass is 314 g/mol. The molecule has 1 aliphatic carbocycles. The Morgan fingerprint density at radius 2 is 2.05 bits per heavy atom. The van der Waals surface area contributed by atoms with Gasteiger partial charge < -0.3 is 10.6 Å². The van der Waals surface area contributed by atoms with E-state index in [0.717, 1.165) is 24.9 Å². The molecule has 0 saturated heterocycles. The van der Waals surface area contributed by atoms with Crippen LogP contribution in [0.5, 0.6) is 0 Å². The largest absolute Gasteiger partial charge is 0.356 e. The number of fused-ring (bicyclic) bond motifs is 1. The summed E-state index contributed by atoms with van der Waals surface area (Å²) < 4.78 is 1.98. The predicted molar refractivity (Wildman–Crippen MR) is 94.2 cm³/mol. The number of benzene rings is 1. The van der Waals surface area contributed by atoms with Crippen LogP contribution in [-0.4, -0.2) is 14.9 Å². The zero-order chi connectivity index (χ0) is 15.7. The lowest BCUT2D eigenvalue weighted by Gasteiger charge is -2.25. The van der Waals surface area contributed by atoms with E-state index in [4.69, 9.17) is 12.2 Å². The summed E-state index contributed by atoms with van der Waals surface area (Å²) in [5.74, 6) is 0. The van der Waals surface area contributed by atoms with E-state index in [2.05, 4.69) is 47.8 Å². The van der Waals surface area contributed by atoms with Crippen molar-refractivity contribution in [2.75, 3.05) is 5.32 Å². The van der Waals surface area contributed by atoms with Gasteiger partial charge in [-0.15, -0.1) is 0 Å². The summed E-state index contributed by atoms with van der Waals surface area (Å²) in [6.45, 7) is 4.19. The van der Waals surface area contributed by atoms with E-state index in [9.17, 15) is 0 Å². The van der Waals surface area contributed by atoms with Crippen molar-refractivity contribution in [1.29, 1.82) is 0 Å². The molecule has 1 aromatic carbocycles. The van der Waals surface area contributed by atoms with Crippen molar-refractivity contribution in [2.24, 2.45) is 7.05 Å². The molecule has 0 amide bonds. The van der Waals surface area contributed by atoms with E-state index < -0.39 is 0 Å². The Morgan fingerprint density at radius 3 is 2.77 bits per heavy atom. The van der Waals surface area contributed by atoms with Crippen LogP contribution in [0, 0.1) is 13.8 Å². The van der Waals surface area contributed by atoms with Gasteiger partial charge in [0.05, 0.1) is 12.2 Å². The van der Waals surface area contributed by atoms with Gasteiger partial charge in [-0.3, -0.25) is 4.68 Å². The maximum atomic E-state index is 5.52. The number of hydrogen-bond donors (Lipinski definition) is 2. The lowest BCUT2D eigenvalue weighted by atomic mass is 9.93. The van der Waals surface area contributed by atoms with Crippen LogP contribution >= 0.6 is 12.2 Å². The summed E-state index contributed by atoms with van der Waals surface area (Å²) in [6, 6.07) is 6.51. The minimum Gasteiger partial charge on any atom is -0.356 e. The maximum Gasteiger partial charge on any atom is 0.171 e. The lowest BCUT2D eigenvalue weighted by Crippen LogP contribution is -2.34. The normalized spacial score (nSPS) is 17.0. The van der Waals surface area contributed by atoms with Crippen molar-refractivity contribution in [3.63, 3.8) is 0 Å². The van der Waals surface area contributed by atoms with Crippen LogP contribution in [0.1, 0.15) is 41.3 Å². The second kappa shape index (κ2) is 6.08. The Bertz CT molecular complexity index is 684. The molecule has 0 aliphatic heterocycles. The fourth-order valence-corrected chi connectivity index (χ4v) is 3.42. The van der Waals surface area contributed by atoms with Gasteiger partial charge in [-0.05, 0) is 56.5 Å². The van der Waals surface area contributed by atoms with E-state index in [1.54, 1.807) is 0 Å². The molecule has 1 atom stereocenters. The minimum atomic E-state index is 0.252. The Kier molecular flexibility index (Phi) is 4.16. The van der Waals surface area contributed by atoms with Crippen molar-refractivity contribution >= 4 is 23.0 Å². The average Bonchev–Trinajstić information content (AvgIpc) is 2.86. The molecule has 0 saturated carbocycles. The minimum absolute atomic E-state index is 0.252. The van der Waals surface area contributed by atoms with Crippen LogP contribution in [0.15, 0.2) is 24.4 Å². The highest BCUT2D eigenvalue weighted by Gasteiger charge is 2.24. The number of thiocarbonyl (C=S) groups is 1. The van der Waals surface area contributed by atoms with E-state index in [0.29, 0.717) is 5.11 Å². The second-order valence-corrected chi connectivity index (χ2v) is 6.39. The van der Waals surface area contributed by atoms with Crippen LogP contribution in [0.3, 0.4) is 0 Å². The number of aromatic nitrogens is 2. The molecule has 2 N–H and O–H groups in total. The topological polar surface area (TPSA) is 41.9 Å². The fraction of sp³-hybridized carbons (Fsp3) is 0.412. The maximum absolute atomic E-state index is 5.52. The molecular weight excluding hydrogens is 292 g/mol. The van der Waals surface area contributed by atoms with Crippen molar-refractivity contribution in [3.8, 4) is 0 Å². The first-order valence-electron chi connectivity index (χ1n) is 7.70. The SMILES string of the molecule is Cc1cccc(C)c1NC(=S)NC1CCCc2c1cnn2C. The standard InChI is InChI=1S/C17H22N4S/c1-11-6-4-7-12(2)16(11)20-17(22)19-14-8-5-9-15-13(14)10-18-21(15)3/h4,6-7,10,14H,5,8-9H2,1-3H3,(H2,19,20,22). The van der Waals surface area contributed by atoms with Gasteiger partial charge >= 0.3 is 0 Å². The summed E-state index contributed by atoms with van der Waals surface area (Å²) in [5, 5.41) is 11.9. The Labute approximate surface area is 136 Å². The van der Waals surface area contributed by atoms with Gasteiger partial charge in [0.15, 0.2) is 5.11 Å². The molecule has 1 aliphatic rings. The van der Waals surface area contributed by atoms with Gasteiger partial charge in [-0.1, -0.05) is 18.2 Å².